The van der Waals surface area contributed by atoms with Crippen molar-refractivity contribution in [1.29, 1.82) is 0 Å². The van der Waals surface area contributed by atoms with Gasteiger partial charge in [0.25, 0.3) is 0 Å². The molecule has 1 fully saturated rings. The summed E-state index contributed by atoms with van der Waals surface area (Å²) in [6.07, 6.45) is 6.00. The first-order valence-corrected chi connectivity index (χ1v) is 9.26. The first-order valence-electron chi connectivity index (χ1n) is 9.26. The molecule has 130 valence electrons. The highest BCUT2D eigenvalue weighted by molar-refractivity contribution is 5.84. The number of benzene rings is 2. The first-order chi connectivity index (χ1) is 11.5. The van der Waals surface area contributed by atoms with Gasteiger partial charge >= 0.3 is 0 Å². The molecule has 2 aromatic rings. The van der Waals surface area contributed by atoms with E-state index in [4.69, 9.17) is 9.47 Å². The predicted octanol–water partition coefficient (Wildman–Crippen LogP) is 5.76. The molecule has 1 aliphatic carbocycles. The predicted molar refractivity (Wildman–Crippen MR) is 101 cm³/mol. The minimum atomic E-state index is -0.0229. The normalized spacial score (nSPS) is 21.8. The summed E-state index contributed by atoms with van der Waals surface area (Å²) in [4.78, 5) is 0. The van der Waals surface area contributed by atoms with Gasteiger partial charge in [0.05, 0.1) is 11.7 Å². The molecule has 1 saturated carbocycles. The maximum absolute atomic E-state index is 6.27. The fraction of sp³-hybridized carbons (Fsp3) is 0.545. The van der Waals surface area contributed by atoms with Gasteiger partial charge in [-0.1, -0.05) is 31.2 Å². The zero-order valence-corrected chi connectivity index (χ0v) is 15.5. The van der Waals surface area contributed by atoms with Crippen molar-refractivity contribution < 1.29 is 9.47 Å². The lowest BCUT2D eigenvalue weighted by atomic mass is 9.78. The van der Waals surface area contributed by atoms with Gasteiger partial charge < -0.3 is 9.47 Å². The lowest BCUT2D eigenvalue weighted by Crippen LogP contribution is -2.38. The number of hydrogen-bond acceptors (Lipinski definition) is 2. The Kier molecular flexibility index (Phi) is 5.15. The van der Waals surface area contributed by atoms with Crippen molar-refractivity contribution in [2.24, 2.45) is 5.92 Å². The molecule has 3 rings (SSSR count). The molecule has 24 heavy (non-hydrogen) atoms. The van der Waals surface area contributed by atoms with Crippen molar-refractivity contribution in [1.82, 2.24) is 0 Å². The Morgan fingerprint density at radius 2 is 1.62 bits per heavy atom. The van der Waals surface area contributed by atoms with E-state index in [1.54, 1.807) is 0 Å². The minimum Gasteiger partial charge on any atom is -0.490 e. The number of aryl methyl sites for hydroxylation is 1. The second-order valence-electron chi connectivity index (χ2n) is 7.60. The molecule has 2 aromatic carbocycles. The molecule has 0 spiro atoms. The lowest BCUT2D eigenvalue weighted by Gasteiger charge is -2.38. The van der Waals surface area contributed by atoms with Gasteiger partial charge in [-0.2, -0.15) is 0 Å². The Bertz CT molecular complexity index is 681. The Morgan fingerprint density at radius 1 is 0.958 bits per heavy atom. The quantitative estimate of drug-likeness (QED) is 0.695. The van der Waals surface area contributed by atoms with Crippen molar-refractivity contribution in [3.05, 3.63) is 42.0 Å². The van der Waals surface area contributed by atoms with Crippen LogP contribution in [0.3, 0.4) is 0 Å². The molecule has 0 saturated heterocycles. The van der Waals surface area contributed by atoms with Crippen LogP contribution >= 0.6 is 0 Å². The van der Waals surface area contributed by atoms with Crippen molar-refractivity contribution in [2.45, 2.75) is 64.6 Å². The maximum Gasteiger partial charge on any atom is 0.120 e. The van der Waals surface area contributed by atoms with Crippen molar-refractivity contribution >= 4 is 10.8 Å². The van der Waals surface area contributed by atoms with E-state index in [1.807, 2.05) is 7.11 Å². The number of rotatable bonds is 5. The average molecular weight is 326 g/mol. The molecule has 0 aromatic heterocycles. The minimum absolute atomic E-state index is 0.0229. The second-order valence-corrected chi connectivity index (χ2v) is 7.60. The smallest absolute Gasteiger partial charge is 0.120 e. The van der Waals surface area contributed by atoms with Crippen LogP contribution in [0.2, 0.25) is 0 Å². The molecular formula is C22H30O2. The third kappa shape index (κ3) is 3.75. The molecule has 0 amide bonds. The summed E-state index contributed by atoms with van der Waals surface area (Å²) >= 11 is 0. The Morgan fingerprint density at radius 3 is 2.29 bits per heavy atom. The highest BCUT2D eigenvalue weighted by atomic mass is 16.5. The van der Waals surface area contributed by atoms with Gasteiger partial charge in [0.2, 0.25) is 0 Å². The number of methoxy groups -OCH3 is 1. The van der Waals surface area contributed by atoms with E-state index in [9.17, 15) is 0 Å². The lowest BCUT2D eigenvalue weighted by molar-refractivity contribution is -0.0499. The van der Waals surface area contributed by atoms with Crippen LogP contribution in [0.5, 0.6) is 5.75 Å². The monoisotopic (exact) mass is 326 g/mol. The number of ether oxygens (including phenoxy) is 2. The Balaban J connectivity index is 1.64. The summed E-state index contributed by atoms with van der Waals surface area (Å²) < 4.78 is 11.9. The van der Waals surface area contributed by atoms with Crippen molar-refractivity contribution in [3.8, 4) is 5.75 Å². The zero-order chi connectivity index (χ0) is 17.2. The molecule has 2 nitrogen and oxygen atoms in total. The maximum atomic E-state index is 6.27. The summed E-state index contributed by atoms with van der Waals surface area (Å²) in [5.74, 6) is 1.63. The van der Waals surface area contributed by atoms with Gasteiger partial charge in [-0.25, -0.2) is 0 Å². The van der Waals surface area contributed by atoms with E-state index >= 15 is 0 Å². The van der Waals surface area contributed by atoms with E-state index < -0.39 is 0 Å². The molecule has 0 N–H and O–H groups in total. The van der Waals surface area contributed by atoms with Gasteiger partial charge in [-0.3, -0.25) is 0 Å². The highest BCUT2D eigenvalue weighted by Crippen LogP contribution is 2.36. The third-order valence-electron chi connectivity index (χ3n) is 5.77. The van der Waals surface area contributed by atoms with Crippen LogP contribution < -0.4 is 4.74 Å². The van der Waals surface area contributed by atoms with E-state index in [-0.39, 0.29) is 5.60 Å². The van der Waals surface area contributed by atoms with Gasteiger partial charge in [0, 0.05) is 7.11 Å². The topological polar surface area (TPSA) is 18.5 Å². The Hall–Kier alpha value is -1.54. The van der Waals surface area contributed by atoms with Gasteiger partial charge in [0.15, 0.2) is 0 Å². The summed E-state index contributed by atoms with van der Waals surface area (Å²) in [6.45, 7) is 6.60. The molecule has 1 aliphatic rings. The van der Waals surface area contributed by atoms with Crippen LogP contribution in [0.15, 0.2) is 36.4 Å². The number of fused-ring (bicyclic) bond motifs is 1. The van der Waals surface area contributed by atoms with Crippen LogP contribution in [0.4, 0.5) is 0 Å². The van der Waals surface area contributed by atoms with Crippen LogP contribution in [-0.4, -0.2) is 18.8 Å². The molecule has 0 bridgehead atoms. The van der Waals surface area contributed by atoms with E-state index in [1.165, 1.54) is 29.2 Å². The molecule has 0 atom stereocenters. The van der Waals surface area contributed by atoms with Crippen molar-refractivity contribution in [3.63, 3.8) is 0 Å². The largest absolute Gasteiger partial charge is 0.490 e. The van der Waals surface area contributed by atoms with E-state index in [2.05, 4.69) is 57.2 Å². The zero-order valence-electron chi connectivity index (χ0n) is 15.5. The number of hydrogen-bond donors (Lipinski definition) is 0. The average Bonchev–Trinajstić information content (AvgIpc) is 2.61. The van der Waals surface area contributed by atoms with Gasteiger partial charge in [0.1, 0.15) is 5.75 Å². The second kappa shape index (κ2) is 7.14. The van der Waals surface area contributed by atoms with Crippen LogP contribution in [0.1, 0.15) is 52.0 Å². The first kappa shape index (κ1) is 17.3. The van der Waals surface area contributed by atoms with Crippen LogP contribution in [0, 0.1) is 5.92 Å². The highest BCUT2D eigenvalue weighted by Gasteiger charge is 2.33. The van der Waals surface area contributed by atoms with Crippen molar-refractivity contribution in [2.75, 3.05) is 7.11 Å². The summed E-state index contributed by atoms with van der Waals surface area (Å²) in [5, 5.41) is 2.56. The van der Waals surface area contributed by atoms with E-state index in [0.717, 1.165) is 25.0 Å². The van der Waals surface area contributed by atoms with E-state index in [0.29, 0.717) is 12.0 Å². The molecule has 2 heteroatoms. The Labute approximate surface area is 146 Å². The fourth-order valence-electron chi connectivity index (χ4n) is 3.80. The third-order valence-corrected chi connectivity index (χ3v) is 5.77. The van der Waals surface area contributed by atoms with Crippen LogP contribution in [-0.2, 0) is 11.2 Å². The van der Waals surface area contributed by atoms with Gasteiger partial charge in [-0.15, -0.1) is 0 Å². The molecule has 0 heterocycles. The SMILES string of the molecule is CCc1ccc2cc(OC3CCC(C(C)(C)OC)CC3)ccc2c1. The summed E-state index contributed by atoms with van der Waals surface area (Å²) in [6, 6.07) is 13.2. The van der Waals surface area contributed by atoms with Gasteiger partial charge in [-0.05, 0) is 80.3 Å². The summed E-state index contributed by atoms with van der Waals surface area (Å²) in [7, 11) is 1.82. The fourth-order valence-corrected chi connectivity index (χ4v) is 3.80. The molecule has 0 radical (unpaired) electrons. The molecule has 0 aliphatic heterocycles. The molecular weight excluding hydrogens is 296 g/mol. The standard InChI is InChI=1S/C22H30O2/c1-5-16-6-7-18-15-21(11-8-17(18)14-16)24-20-12-9-19(10-13-20)22(2,3)23-4/h6-8,11,14-15,19-20H,5,9-10,12-13H2,1-4H3. The summed E-state index contributed by atoms with van der Waals surface area (Å²) in [5.41, 5.74) is 1.36. The van der Waals surface area contributed by atoms with Crippen LogP contribution in [0.25, 0.3) is 10.8 Å². The molecule has 0 unspecified atom stereocenters.